The zero-order valence-electron chi connectivity index (χ0n) is 8.36. The van der Waals surface area contributed by atoms with Gasteiger partial charge >= 0.3 is 0 Å². The summed E-state index contributed by atoms with van der Waals surface area (Å²) in [4.78, 5) is 9.19. The summed E-state index contributed by atoms with van der Waals surface area (Å²) in [5.41, 5.74) is 0.980. The largest absolute Gasteiger partial charge is 0.339 e. The first-order chi connectivity index (χ1) is 7.33. The van der Waals surface area contributed by atoms with Crippen molar-refractivity contribution in [1.82, 2.24) is 9.80 Å². The highest BCUT2D eigenvalue weighted by molar-refractivity contribution is 6.30. The maximum Gasteiger partial charge on any atom is 0.202 e. The zero-order valence-corrected chi connectivity index (χ0v) is 9.11. The molecule has 1 aromatic carbocycles. The van der Waals surface area contributed by atoms with Crippen molar-refractivity contribution in [2.45, 2.75) is 0 Å². The van der Waals surface area contributed by atoms with Crippen molar-refractivity contribution in [2.24, 2.45) is 4.99 Å². The van der Waals surface area contributed by atoms with Crippen molar-refractivity contribution in [2.75, 3.05) is 26.2 Å². The molecule has 15 heavy (non-hydrogen) atoms. The molecule has 0 saturated carbocycles. The van der Waals surface area contributed by atoms with Crippen LogP contribution in [-0.2, 0) is 0 Å². The van der Waals surface area contributed by atoms with Crippen LogP contribution in [0.15, 0.2) is 29.3 Å². The van der Waals surface area contributed by atoms with E-state index in [-0.39, 0.29) is 0 Å². The number of guanidine groups is 1. The monoisotopic (exact) mass is 221 g/mol. The maximum absolute atomic E-state index is 5.83. The Bertz CT molecular complexity index is 377. The Morgan fingerprint density at radius 1 is 1.00 bits per heavy atom. The molecular formula is C11H12ClN3. The Kier molecular flexibility index (Phi) is 2.06. The summed E-state index contributed by atoms with van der Waals surface area (Å²) in [7, 11) is 0. The molecule has 0 aromatic heterocycles. The summed E-state index contributed by atoms with van der Waals surface area (Å²) in [5.74, 6) is 1.12. The Labute approximate surface area is 94.0 Å². The van der Waals surface area contributed by atoms with Gasteiger partial charge in [0.2, 0.25) is 5.96 Å². The van der Waals surface area contributed by atoms with Gasteiger partial charge in [-0.1, -0.05) is 11.6 Å². The summed E-state index contributed by atoms with van der Waals surface area (Å²) in [5, 5.41) is 0.758. The molecule has 2 aliphatic rings. The lowest BCUT2D eigenvalue weighted by Crippen LogP contribution is -2.20. The topological polar surface area (TPSA) is 18.4 Å². The van der Waals surface area contributed by atoms with Gasteiger partial charge in [-0.05, 0) is 24.3 Å². The van der Waals surface area contributed by atoms with Crippen LogP contribution in [0.2, 0.25) is 5.02 Å². The highest BCUT2D eigenvalue weighted by Gasteiger charge is 2.32. The fraction of sp³-hybridized carbons (Fsp3) is 0.364. The SMILES string of the molecule is Clc1ccc(N=C(N2CC2)N2CC2)cc1. The maximum atomic E-state index is 5.83. The first kappa shape index (κ1) is 9.04. The number of rotatable bonds is 1. The number of hydrogen-bond donors (Lipinski definition) is 0. The molecule has 0 atom stereocenters. The molecule has 3 nitrogen and oxygen atoms in total. The van der Waals surface area contributed by atoms with Crippen LogP contribution >= 0.6 is 11.6 Å². The zero-order chi connectivity index (χ0) is 10.3. The highest BCUT2D eigenvalue weighted by Crippen LogP contribution is 2.22. The van der Waals surface area contributed by atoms with Gasteiger partial charge in [0.25, 0.3) is 0 Å². The Morgan fingerprint density at radius 3 is 2.00 bits per heavy atom. The highest BCUT2D eigenvalue weighted by atomic mass is 35.5. The second-order valence-electron chi connectivity index (χ2n) is 3.86. The third-order valence-corrected chi connectivity index (χ3v) is 2.77. The number of aliphatic imine (C=N–C) groups is 1. The van der Waals surface area contributed by atoms with Gasteiger partial charge in [0.1, 0.15) is 0 Å². The third kappa shape index (κ3) is 2.07. The predicted octanol–water partition coefficient (Wildman–Crippen LogP) is 1.96. The molecule has 78 valence electrons. The van der Waals surface area contributed by atoms with Gasteiger partial charge in [-0.3, -0.25) is 0 Å². The van der Waals surface area contributed by atoms with Gasteiger partial charge in [-0.2, -0.15) is 0 Å². The van der Waals surface area contributed by atoms with Gasteiger partial charge < -0.3 is 9.80 Å². The lowest BCUT2D eigenvalue weighted by molar-refractivity contribution is 0.684. The summed E-state index contributed by atoms with van der Waals surface area (Å²) >= 11 is 5.83. The normalized spacial score (nSPS) is 17.7. The Morgan fingerprint density at radius 2 is 1.53 bits per heavy atom. The number of hydrogen-bond acceptors (Lipinski definition) is 1. The first-order valence-electron chi connectivity index (χ1n) is 5.17. The molecule has 0 unspecified atom stereocenters. The van der Waals surface area contributed by atoms with Crippen molar-refractivity contribution in [3.05, 3.63) is 29.3 Å². The van der Waals surface area contributed by atoms with Crippen molar-refractivity contribution in [3.63, 3.8) is 0 Å². The van der Waals surface area contributed by atoms with E-state index in [1.54, 1.807) is 0 Å². The molecule has 3 rings (SSSR count). The molecular weight excluding hydrogens is 210 g/mol. The van der Waals surface area contributed by atoms with E-state index in [1.165, 1.54) is 0 Å². The van der Waals surface area contributed by atoms with Crippen LogP contribution in [0, 0.1) is 0 Å². The summed E-state index contributed by atoms with van der Waals surface area (Å²) in [6.07, 6.45) is 0. The summed E-state index contributed by atoms with van der Waals surface area (Å²) in [6.45, 7) is 4.57. The van der Waals surface area contributed by atoms with Crippen LogP contribution in [0.5, 0.6) is 0 Å². The van der Waals surface area contributed by atoms with Crippen LogP contribution in [0.25, 0.3) is 0 Å². The molecule has 2 saturated heterocycles. The first-order valence-corrected chi connectivity index (χ1v) is 5.55. The van der Waals surface area contributed by atoms with E-state index in [4.69, 9.17) is 11.6 Å². The van der Waals surface area contributed by atoms with E-state index in [0.29, 0.717) is 0 Å². The quantitative estimate of drug-likeness (QED) is 0.410. The van der Waals surface area contributed by atoms with Gasteiger partial charge in [-0.25, -0.2) is 4.99 Å². The average molecular weight is 222 g/mol. The van der Waals surface area contributed by atoms with Gasteiger partial charge in [-0.15, -0.1) is 0 Å². The van der Waals surface area contributed by atoms with E-state index >= 15 is 0 Å². The molecule has 2 heterocycles. The van der Waals surface area contributed by atoms with E-state index in [2.05, 4.69) is 14.8 Å². The van der Waals surface area contributed by atoms with Crippen LogP contribution in [0.3, 0.4) is 0 Å². The number of nitrogens with zero attached hydrogens (tertiary/aromatic N) is 3. The van der Waals surface area contributed by atoms with E-state index < -0.39 is 0 Å². The smallest absolute Gasteiger partial charge is 0.202 e. The molecule has 0 radical (unpaired) electrons. The summed E-state index contributed by atoms with van der Waals surface area (Å²) in [6, 6.07) is 7.66. The van der Waals surface area contributed by atoms with E-state index in [0.717, 1.165) is 42.8 Å². The Hall–Kier alpha value is -1.22. The molecule has 0 spiro atoms. The summed E-state index contributed by atoms with van der Waals surface area (Å²) < 4.78 is 0. The average Bonchev–Trinajstić information content (AvgIpc) is 3.11. The molecule has 4 heteroatoms. The lowest BCUT2D eigenvalue weighted by atomic mass is 10.3. The van der Waals surface area contributed by atoms with E-state index in [1.807, 2.05) is 24.3 Å². The lowest BCUT2D eigenvalue weighted by Gasteiger charge is -2.08. The minimum atomic E-state index is 0.758. The molecule has 0 amide bonds. The van der Waals surface area contributed by atoms with Crippen LogP contribution in [-0.4, -0.2) is 41.9 Å². The second-order valence-corrected chi connectivity index (χ2v) is 4.30. The fourth-order valence-electron chi connectivity index (χ4n) is 1.47. The van der Waals surface area contributed by atoms with Crippen molar-refractivity contribution < 1.29 is 0 Å². The minimum absolute atomic E-state index is 0.758. The molecule has 1 aromatic rings. The minimum Gasteiger partial charge on any atom is -0.339 e. The van der Waals surface area contributed by atoms with Crippen molar-refractivity contribution >= 4 is 23.2 Å². The van der Waals surface area contributed by atoms with Crippen molar-refractivity contribution in [1.29, 1.82) is 0 Å². The molecule has 2 fully saturated rings. The second kappa shape index (κ2) is 3.42. The number of benzene rings is 1. The molecule has 0 N–H and O–H groups in total. The van der Waals surface area contributed by atoms with E-state index in [9.17, 15) is 0 Å². The fourth-order valence-corrected chi connectivity index (χ4v) is 1.60. The van der Waals surface area contributed by atoms with Gasteiger partial charge in [0.15, 0.2) is 0 Å². The predicted molar refractivity (Wildman–Crippen MR) is 61.7 cm³/mol. The van der Waals surface area contributed by atoms with Gasteiger partial charge in [0, 0.05) is 31.2 Å². The Balaban J connectivity index is 1.85. The van der Waals surface area contributed by atoms with Crippen LogP contribution < -0.4 is 0 Å². The number of halogens is 1. The molecule has 2 aliphatic heterocycles. The molecule has 0 aliphatic carbocycles. The molecule has 0 bridgehead atoms. The van der Waals surface area contributed by atoms with Crippen LogP contribution in [0.1, 0.15) is 0 Å². The standard InChI is InChI=1S/C11H12ClN3/c12-9-1-3-10(4-2-9)13-11(14-5-6-14)15-7-8-15/h1-4H,5-8H2. The van der Waals surface area contributed by atoms with Gasteiger partial charge in [0.05, 0.1) is 5.69 Å². The van der Waals surface area contributed by atoms with Crippen LogP contribution in [0.4, 0.5) is 5.69 Å². The van der Waals surface area contributed by atoms with Crippen molar-refractivity contribution in [3.8, 4) is 0 Å². The third-order valence-electron chi connectivity index (χ3n) is 2.52.